The Kier molecular flexibility index (Phi) is 2.29. The molecule has 1 aromatic rings. The third kappa shape index (κ3) is 2.22. The molecule has 0 unspecified atom stereocenters. The molecule has 0 aliphatic heterocycles. The standard InChI is InChI=1S/C2H2N5O4S2/c3-1-4-5-2(12-1)13(10,11)6-7(8)9/h(H2,3,4)/q-1. The lowest BCUT2D eigenvalue weighted by Gasteiger charge is -2.05. The van der Waals surface area contributed by atoms with Gasteiger partial charge in [0.05, 0.1) is 0 Å². The Morgan fingerprint density at radius 2 is 2.15 bits per heavy atom. The zero-order valence-electron chi connectivity index (χ0n) is 5.82. The summed E-state index contributed by atoms with van der Waals surface area (Å²) in [7, 11) is -4.35. The smallest absolute Gasteiger partial charge is 0.223 e. The maximum absolute atomic E-state index is 10.9. The third-order valence-corrected chi connectivity index (χ3v) is 3.12. The summed E-state index contributed by atoms with van der Waals surface area (Å²) in [6.45, 7) is 0. The molecule has 0 saturated carbocycles. The molecule has 11 heteroatoms. The number of nitrogens with two attached hydrogens (primary N) is 1. The molecule has 2 N–H and O–H groups in total. The van der Waals surface area contributed by atoms with E-state index in [-0.39, 0.29) is 5.13 Å². The lowest BCUT2D eigenvalue weighted by Crippen LogP contribution is -2.04. The highest BCUT2D eigenvalue weighted by Crippen LogP contribution is 2.21. The van der Waals surface area contributed by atoms with Crippen molar-refractivity contribution in [3.63, 3.8) is 0 Å². The van der Waals surface area contributed by atoms with Crippen molar-refractivity contribution >= 4 is 26.5 Å². The van der Waals surface area contributed by atoms with Gasteiger partial charge in [0.2, 0.25) is 19.5 Å². The highest BCUT2D eigenvalue weighted by Gasteiger charge is 2.14. The van der Waals surface area contributed by atoms with Gasteiger partial charge in [-0.05, 0) is 0 Å². The molecule has 0 fully saturated rings. The second-order valence-electron chi connectivity index (χ2n) is 1.70. The fraction of sp³-hybridized carbons (Fsp3) is 0. The van der Waals surface area contributed by atoms with Gasteiger partial charge in [-0.3, -0.25) is 14.9 Å². The molecule has 1 rings (SSSR count). The average Bonchev–Trinajstić information content (AvgIpc) is 2.32. The molecule has 1 aromatic heterocycles. The number of hydrogen-bond donors (Lipinski definition) is 1. The van der Waals surface area contributed by atoms with Gasteiger partial charge in [-0.1, -0.05) is 11.3 Å². The van der Waals surface area contributed by atoms with E-state index in [0.29, 0.717) is 11.3 Å². The van der Waals surface area contributed by atoms with E-state index >= 15 is 0 Å². The van der Waals surface area contributed by atoms with Crippen molar-refractivity contribution in [2.45, 2.75) is 4.34 Å². The minimum Gasteiger partial charge on any atom is -0.374 e. The van der Waals surface area contributed by atoms with Crippen LogP contribution in [0.15, 0.2) is 4.34 Å². The van der Waals surface area contributed by atoms with E-state index in [9.17, 15) is 18.5 Å². The Balaban J connectivity index is 3.01. The van der Waals surface area contributed by atoms with E-state index in [1.54, 1.807) is 0 Å². The summed E-state index contributed by atoms with van der Waals surface area (Å²) in [6, 6.07) is 0. The summed E-state index contributed by atoms with van der Waals surface area (Å²) in [6.07, 6.45) is 0. The molecule has 0 bridgehead atoms. The van der Waals surface area contributed by atoms with Crippen molar-refractivity contribution in [3.05, 3.63) is 14.9 Å². The molecule has 1 heterocycles. The largest absolute Gasteiger partial charge is 0.374 e. The lowest BCUT2D eigenvalue weighted by atomic mass is 11.3. The Morgan fingerprint density at radius 3 is 2.54 bits per heavy atom. The number of nitro groups is 1. The summed E-state index contributed by atoms with van der Waals surface area (Å²) in [5, 5.41) is 14.6. The van der Waals surface area contributed by atoms with E-state index < -0.39 is 19.4 Å². The first kappa shape index (κ1) is 9.60. The molecule has 0 aliphatic carbocycles. The summed E-state index contributed by atoms with van der Waals surface area (Å²) in [5.41, 5.74) is 5.08. The SMILES string of the molecule is Nc1nnc(S(=O)(=O)[N-][N+](=O)[O-])s1. The quantitative estimate of drug-likeness (QED) is 0.531. The fourth-order valence-corrected chi connectivity index (χ4v) is 1.96. The van der Waals surface area contributed by atoms with Gasteiger partial charge < -0.3 is 5.73 Å². The molecule has 9 nitrogen and oxygen atoms in total. The second kappa shape index (κ2) is 3.10. The number of sulfonamides is 1. The number of hydrogen-bond acceptors (Lipinski definition) is 8. The van der Waals surface area contributed by atoms with E-state index in [2.05, 4.69) is 15.0 Å². The Hall–Kier alpha value is -1.49. The summed E-state index contributed by atoms with van der Waals surface area (Å²) < 4.78 is 21.2. The average molecular weight is 224 g/mol. The predicted molar refractivity (Wildman–Crippen MR) is 41.9 cm³/mol. The monoisotopic (exact) mass is 224 g/mol. The highest BCUT2D eigenvalue weighted by molar-refractivity contribution is 7.95. The second-order valence-corrected chi connectivity index (χ2v) is 4.47. The van der Waals surface area contributed by atoms with E-state index in [4.69, 9.17) is 5.73 Å². The molecular formula is C2H2N5O4S2-. The topological polar surface area (TPSA) is 143 Å². The molecule has 0 aliphatic rings. The van der Waals surface area contributed by atoms with Crippen LogP contribution in [0.4, 0.5) is 5.13 Å². The number of nitrogen functional groups attached to an aromatic ring is 1. The molecule has 0 atom stereocenters. The van der Waals surface area contributed by atoms with Crippen LogP contribution in [0, 0.1) is 10.1 Å². The number of anilines is 1. The van der Waals surface area contributed by atoms with Crippen LogP contribution >= 0.6 is 11.3 Å². The van der Waals surface area contributed by atoms with Crippen molar-refractivity contribution in [1.29, 1.82) is 0 Å². The van der Waals surface area contributed by atoms with Crippen LogP contribution in [-0.4, -0.2) is 23.6 Å². The third-order valence-electron chi connectivity index (χ3n) is 0.817. The number of nitrogens with zero attached hydrogens (tertiary/aromatic N) is 4. The normalized spacial score (nSPS) is 11.1. The van der Waals surface area contributed by atoms with Gasteiger partial charge in [0, 0.05) is 5.03 Å². The van der Waals surface area contributed by atoms with Gasteiger partial charge >= 0.3 is 0 Å². The Labute approximate surface area is 75.8 Å². The molecule has 0 aromatic carbocycles. The number of aromatic nitrogens is 2. The maximum Gasteiger partial charge on any atom is 0.223 e. The van der Waals surface area contributed by atoms with Gasteiger partial charge in [0.1, 0.15) is 0 Å². The zero-order chi connectivity index (χ0) is 10.1. The maximum atomic E-state index is 10.9. The van der Waals surface area contributed by atoms with Crippen LogP contribution in [0.2, 0.25) is 0 Å². The van der Waals surface area contributed by atoms with Crippen LogP contribution in [0.25, 0.3) is 4.83 Å². The molecule has 72 valence electrons. The molecule has 0 amide bonds. The van der Waals surface area contributed by atoms with E-state index in [1.165, 1.54) is 0 Å². The van der Waals surface area contributed by atoms with Gasteiger partial charge in [0.15, 0.2) is 0 Å². The lowest BCUT2D eigenvalue weighted by molar-refractivity contribution is -0.412. The molecule has 0 radical (unpaired) electrons. The van der Waals surface area contributed by atoms with Gasteiger partial charge in [-0.25, -0.2) is 8.42 Å². The van der Waals surface area contributed by atoms with Crippen molar-refractivity contribution in [2.75, 3.05) is 5.73 Å². The van der Waals surface area contributed by atoms with E-state index in [0.717, 1.165) is 0 Å². The first-order valence-corrected chi connectivity index (χ1v) is 4.89. The van der Waals surface area contributed by atoms with Crippen molar-refractivity contribution in [1.82, 2.24) is 10.2 Å². The van der Waals surface area contributed by atoms with E-state index in [1.807, 2.05) is 0 Å². The highest BCUT2D eigenvalue weighted by atomic mass is 32.2. The molecule has 0 spiro atoms. The molecular weight excluding hydrogens is 222 g/mol. The number of rotatable bonds is 3. The summed E-state index contributed by atoms with van der Waals surface area (Å²) in [4.78, 5) is 12.0. The van der Waals surface area contributed by atoms with Crippen LogP contribution < -0.4 is 5.73 Å². The fourth-order valence-electron chi connectivity index (χ4n) is 0.447. The van der Waals surface area contributed by atoms with Crippen molar-refractivity contribution in [2.24, 2.45) is 0 Å². The summed E-state index contributed by atoms with van der Waals surface area (Å²) >= 11 is 0.506. The van der Waals surface area contributed by atoms with Gasteiger partial charge in [-0.15, -0.1) is 10.2 Å². The van der Waals surface area contributed by atoms with Crippen LogP contribution in [0.1, 0.15) is 0 Å². The first-order chi connectivity index (χ1) is 5.92. The zero-order valence-corrected chi connectivity index (χ0v) is 7.45. The Bertz CT molecular complexity index is 421. The van der Waals surface area contributed by atoms with Crippen molar-refractivity contribution < 1.29 is 13.5 Å². The molecule has 0 saturated heterocycles. The first-order valence-electron chi connectivity index (χ1n) is 2.63. The van der Waals surface area contributed by atoms with Gasteiger partial charge in [0.25, 0.3) is 0 Å². The minimum atomic E-state index is -4.35. The van der Waals surface area contributed by atoms with Crippen LogP contribution in [0.5, 0.6) is 0 Å². The van der Waals surface area contributed by atoms with Crippen LogP contribution in [0.3, 0.4) is 0 Å². The minimum absolute atomic E-state index is 0.0999. The Morgan fingerprint density at radius 1 is 1.54 bits per heavy atom. The molecule has 13 heavy (non-hydrogen) atoms. The van der Waals surface area contributed by atoms with Crippen molar-refractivity contribution in [3.8, 4) is 0 Å². The van der Waals surface area contributed by atoms with Gasteiger partial charge in [-0.2, -0.15) is 0 Å². The summed E-state index contributed by atoms with van der Waals surface area (Å²) in [5.74, 6) is 0. The predicted octanol–water partition coefficient (Wildman–Crippen LogP) is -0.626. The van der Waals surface area contributed by atoms with Crippen LogP contribution in [-0.2, 0) is 10.0 Å².